The lowest BCUT2D eigenvalue weighted by molar-refractivity contribution is -0.155. The molecule has 0 heterocycles. The van der Waals surface area contributed by atoms with Crippen LogP contribution in [0.2, 0.25) is 0 Å². The second-order valence-corrected chi connectivity index (χ2v) is 4.92. The fourth-order valence-corrected chi connectivity index (χ4v) is 2.59. The van der Waals surface area contributed by atoms with Gasteiger partial charge in [-0.1, -0.05) is 13.8 Å². The molecule has 90 valence electrons. The SMILES string of the molecule is CC(C)N([PH2]=O)C(CO)(C(=O)O)C(C)C. The Kier molecular flexibility index (Phi) is 5.49. The van der Waals surface area contributed by atoms with Crippen molar-refractivity contribution in [2.75, 3.05) is 6.61 Å². The highest BCUT2D eigenvalue weighted by Gasteiger charge is 2.47. The van der Waals surface area contributed by atoms with E-state index < -0.39 is 26.7 Å². The summed E-state index contributed by atoms with van der Waals surface area (Å²) in [5.41, 5.74) is -1.44. The lowest BCUT2D eigenvalue weighted by Gasteiger charge is -2.41. The van der Waals surface area contributed by atoms with Crippen molar-refractivity contribution in [3.63, 3.8) is 0 Å². The van der Waals surface area contributed by atoms with Gasteiger partial charge in [0.15, 0.2) is 0 Å². The maximum absolute atomic E-state index is 11.3. The molecule has 0 aliphatic carbocycles. The summed E-state index contributed by atoms with van der Waals surface area (Å²) in [5.74, 6) is -1.44. The van der Waals surface area contributed by atoms with Gasteiger partial charge in [-0.05, 0) is 19.8 Å². The first-order valence-corrected chi connectivity index (χ1v) is 5.91. The minimum atomic E-state index is -1.44. The summed E-state index contributed by atoms with van der Waals surface area (Å²) in [7, 11) is -1.38. The highest BCUT2D eigenvalue weighted by molar-refractivity contribution is 7.20. The summed E-state index contributed by atoms with van der Waals surface area (Å²) in [5, 5.41) is 18.5. The van der Waals surface area contributed by atoms with Crippen LogP contribution in [0.25, 0.3) is 0 Å². The standard InChI is InChI=1S/C9H20NO4P/c1-6(2)9(5-11,8(12)13)10(15-14)7(3)4/h6-7,11H,5,15H2,1-4H3,(H,12,13). The number of carboxylic acid groups (broad SMARTS) is 1. The molecule has 0 fully saturated rings. The van der Waals surface area contributed by atoms with E-state index in [1.165, 1.54) is 4.67 Å². The third kappa shape index (κ3) is 2.60. The normalized spacial score (nSPS) is 16.8. The Hall–Kier alpha value is -0.380. The van der Waals surface area contributed by atoms with Crippen molar-refractivity contribution >= 4 is 14.6 Å². The smallest absolute Gasteiger partial charge is 0.327 e. The molecule has 0 radical (unpaired) electrons. The molecule has 0 saturated heterocycles. The third-order valence-corrected chi connectivity index (χ3v) is 3.98. The van der Waals surface area contributed by atoms with Gasteiger partial charge in [-0.2, -0.15) is 0 Å². The Bertz CT molecular complexity index is 244. The van der Waals surface area contributed by atoms with Crippen molar-refractivity contribution in [1.29, 1.82) is 0 Å². The molecule has 0 aromatic rings. The zero-order valence-corrected chi connectivity index (χ0v) is 10.8. The molecule has 0 spiro atoms. The molecule has 15 heavy (non-hydrogen) atoms. The number of carbonyl (C=O) groups is 1. The number of hydrogen-bond donors (Lipinski definition) is 2. The number of aliphatic carboxylic acids is 1. The van der Waals surface area contributed by atoms with Gasteiger partial charge in [0.05, 0.1) is 6.61 Å². The number of aliphatic hydroxyl groups excluding tert-OH is 1. The summed E-state index contributed by atoms with van der Waals surface area (Å²) in [6, 6.07) is -0.178. The average Bonchev–Trinajstić information content (AvgIpc) is 2.11. The van der Waals surface area contributed by atoms with Crippen molar-refractivity contribution < 1.29 is 19.6 Å². The molecular weight excluding hydrogens is 217 g/mol. The van der Waals surface area contributed by atoms with E-state index in [1.54, 1.807) is 27.7 Å². The fourth-order valence-electron chi connectivity index (χ4n) is 1.66. The summed E-state index contributed by atoms with van der Waals surface area (Å²) in [6.45, 7) is 6.40. The van der Waals surface area contributed by atoms with E-state index in [0.29, 0.717) is 0 Å². The summed E-state index contributed by atoms with van der Waals surface area (Å²) >= 11 is 0. The average molecular weight is 237 g/mol. The van der Waals surface area contributed by atoms with Crippen LogP contribution in [0.1, 0.15) is 27.7 Å². The van der Waals surface area contributed by atoms with Crippen LogP contribution in [0.4, 0.5) is 0 Å². The van der Waals surface area contributed by atoms with Gasteiger partial charge < -0.3 is 14.8 Å². The van der Waals surface area contributed by atoms with Gasteiger partial charge >= 0.3 is 5.97 Å². The lowest BCUT2D eigenvalue weighted by atomic mass is 9.86. The highest BCUT2D eigenvalue weighted by atomic mass is 31.1. The van der Waals surface area contributed by atoms with E-state index in [4.69, 9.17) is 0 Å². The Morgan fingerprint density at radius 2 is 1.87 bits per heavy atom. The molecule has 0 aliphatic rings. The van der Waals surface area contributed by atoms with E-state index in [1.807, 2.05) is 0 Å². The zero-order valence-electron chi connectivity index (χ0n) is 9.60. The fraction of sp³-hybridized carbons (Fsp3) is 0.889. The topological polar surface area (TPSA) is 77.8 Å². The third-order valence-electron chi connectivity index (χ3n) is 2.70. The Morgan fingerprint density at radius 3 is 1.93 bits per heavy atom. The first kappa shape index (κ1) is 14.6. The van der Waals surface area contributed by atoms with Crippen LogP contribution in [0.3, 0.4) is 0 Å². The van der Waals surface area contributed by atoms with E-state index in [2.05, 4.69) is 0 Å². The molecule has 0 saturated carbocycles. The first-order chi connectivity index (χ1) is 6.84. The van der Waals surface area contributed by atoms with Gasteiger partial charge in [-0.15, -0.1) is 0 Å². The van der Waals surface area contributed by atoms with E-state index in [0.717, 1.165) is 0 Å². The van der Waals surface area contributed by atoms with Crippen LogP contribution in [-0.4, -0.2) is 39.0 Å². The molecule has 5 nitrogen and oxygen atoms in total. The highest BCUT2D eigenvalue weighted by Crippen LogP contribution is 2.32. The number of rotatable bonds is 6. The predicted octanol–water partition coefficient (Wildman–Crippen LogP) is 0.840. The van der Waals surface area contributed by atoms with Crippen molar-refractivity contribution in [3.8, 4) is 0 Å². The van der Waals surface area contributed by atoms with Gasteiger partial charge in [0, 0.05) is 6.04 Å². The molecule has 6 heteroatoms. The monoisotopic (exact) mass is 237 g/mol. The Balaban J connectivity index is 5.40. The molecule has 0 bridgehead atoms. The van der Waals surface area contributed by atoms with Crippen LogP contribution >= 0.6 is 8.61 Å². The molecule has 0 aromatic heterocycles. The number of carboxylic acids is 1. The number of aliphatic hydroxyl groups is 1. The van der Waals surface area contributed by atoms with Crippen molar-refractivity contribution in [3.05, 3.63) is 0 Å². The summed E-state index contributed by atoms with van der Waals surface area (Å²) < 4.78 is 12.5. The van der Waals surface area contributed by atoms with Crippen molar-refractivity contribution in [2.24, 2.45) is 5.92 Å². The maximum Gasteiger partial charge on any atom is 0.327 e. The molecule has 0 aromatic carbocycles. The summed E-state index contributed by atoms with van der Waals surface area (Å²) in [6.07, 6.45) is 0. The summed E-state index contributed by atoms with van der Waals surface area (Å²) in [4.78, 5) is 11.3. The first-order valence-electron chi connectivity index (χ1n) is 4.92. The predicted molar refractivity (Wildman–Crippen MR) is 59.7 cm³/mol. The van der Waals surface area contributed by atoms with Crippen LogP contribution in [0.5, 0.6) is 0 Å². The van der Waals surface area contributed by atoms with Gasteiger partial charge in [-0.3, -0.25) is 4.79 Å². The Morgan fingerprint density at radius 1 is 1.40 bits per heavy atom. The van der Waals surface area contributed by atoms with E-state index in [9.17, 15) is 19.6 Å². The van der Waals surface area contributed by atoms with Crippen LogP contribution < -0.4 is 0 Å². The molecule has 2 N–H and O–H groups in total. The van der Waals surface area contributed by atoms with Crippen molar-refractivity contribution in [2.45, 2.75) is 39.3 Å². The maximum atomic E-state index is 11.3. The molecular formula is C9H20NO4P. The van der Waals surface area contributed by atoms with Gasteiger partial charge in [0.2, 0.25) is 0 Å². The largest absolute Gasteiger partial charge is 0.480 e. The number of hydrogen-bond acceptors (Lipinski definition) is 3. The lowest BCUT2D eigenvalue weighted by Crippen LogP contribution is -2.59. The minimum Gasteiger partial charge on any atom is -0.480 e. The zero-order chi connectivity index (χ0) is 12.2. The second-order valence-electron chi connectivity index (χ2n) is 4.15. The molecule has 0 amide bonds. The molecule has 0 aliphatic heterocycles. The Labute approximate surface area is 91.3 Å². The van der Waals surface area contributed by atoms with Crippen LogP contribution in [-0.2, 0) is 9.36 Å². The minimum absolute atomic E-state index is 0.178. The van der Waals surface area contributed by atoms with Gasteiger partial charge in [0.25, 0.3) is 0 Å². The van der Waals surface area contributed by atoms with Gasteiger partial charge in [0.1, 0.15) is 14.1 Å². The van der Waals surface area contributed by atoms with Crippen molar-refractivity contribution in [1.82, 2.24) is 4.67 Å². The van der Waals surface area contributed by atoms with Crippen LogP contribution in [0, 0.1) is 5.92 Å². The quantitative estimate of drug-likeness (QED) is 0.669. The number of nitrogens with zero attached hydrogens (tertiary/aromatic N) is 1. The second kappa shape index (κ2) is 5.64. The van der Waals surface area contributed by atoms with Gasteiger partial charge in [-0.25, -0.2) is 4.67 Å². The van der Waals surface area contributed by atoms with E-state index >= 15 is 0 Å². The molecule has 0 rings (SSSR count). The van der Waals surface area contributed by atoms with E-state index in [-0.39, 0.29) is 12.0 Å². The molecule has 2 atom stereocenters. The van der Waals surface area contributed by atoms with Crippen LogP contribution in [0.15, 0.2) is 0 Å². The molecule has 2 unspecified atom stereocenters.